The third-order valence-corrected chi connectivity index (χ3v) is 4.28. The van der Waals surface area contributed by atoms with Crippen LogP contribution in [-0.4, -0.2) is 53.4 Å². The van der Waals surface area contributed by atoms with Gasteiger partial charge in [0.2, 0.25) is 5.91 Å². The smallest absolute Gasteiger partial charge is 0.243 e. The maximum absolute atomic E-state index is 12.9. The van der Waals surface area contributed by atoms with Gasteiger partial charge in [-0.05, 0) is 30.7 Å². The topological polar surface area (TPSA) is 105 Å². The second-order valence-corrected chi connectivity index (χ2v) is 6.42. The summed E-state index contributed by atoms with van der Waals surface area (Å²) < 4.78 is 19.9. The van der Waals surface area contributed by atoms with Gasteiger partial charge >= 0.3 is 0 Å². The molecule has 1 aliphatic rings. The molecule has 1 unspecified atom stereocenters. The summed E-state index contributed by atoms with van der Waals surface area (Å²) in [4.78, 5) is 20.7. The number of hydrogen-bond donors (Lipinski definition) is 3. The number of anilines is 1. The Bertz CT molecular complexity index is 835. The van der Waals surface area contributed by atoms with Gasteiger partial charge in [0.15, 0.2) is 11.8 Å². The van der Waals surface area contributed by atoms with Crippen molar-refractivity contribution >= 4 is 17.6 Å². The first-order chi connectivity index (χ1) is 13.6. The molecule has 0 spiro atoms. The van der Waals surface area contributed by atoms with Crippen LogP contribution in [0.5, 0.6) is 0 Å². The first-order valence-corrected chi connectivity index (χ1v) is 9.01. The summed E-state index contributed by atoms with van der Waals surface area (Å²) in [6.45, 7) is 1.09. The van der Waals surface area contributed by atoms with E-state index in [2.05, 4.69) is 31.0 Å². The largest absolute Gasteiger partial charge is 0.377 e. The van der Waals surface area contributed by atoms with Gasteiger partial charge in [0.25, 0.3) is 0 Å². The second kappa shape index (κ2) is 9.27. The van der Waals surface area contributed by atoms with Crippen LogP contribution in [0.4, 0.5) is 10.1 Å². The van der Waals surface area contributed by atoms with Crippen LogP contribution in [0.15, 0.2) is 29.3 Å². The molecule has 150 valence electrons. The zero-order valence-electron chi connectivity index (χ0n) is 15.9. The molecule has 0 fully saturated rings. The van der Waals surface area contributed by atoms with Gasteiger partial charge in [0.05, 0.1) is 13.1 Å². The van der Waals surface area contributed by atoms with E-state index in [-0.39, 0.29) is 24.3 Å². The highest BCUT2D eigenvalue weighted by molar-refractivity contribution is 5.95. The quantitative estimate of drug-likeness (QED) is 0.496. The number of aromatic nitrogens is 3. The van der Waals surface area contributed by atoms with Crippen LogP contribution in [0, 0.1) is 5.82 Å². The number of amides is 1. The second-order valence-electron chi connectivity index (χ2n) is 6.42. The van der Waals surface area contributed by atoms with Gasteiger partial charge in [0, 0.05) is 32.3 Å². The van der Waals surface area contributed by atoms with E-state index in [4.69, 9.17) is 4.74 Å². The van der Waals surface area contributed by atoms with Gasteiger partial charge in [-0.15, -0.1) is 0 Å². The Kier molecular flexibility index (Phi) is 6.53. The Morgan fingerprint density at radius 3 is 2.89 bits per heavy atom. The standard InChI is InChI=1S/C18H24FN7O2/c1-20-18(21-9-17(27)22-13-5-3-12(19)4-6-13)23-14-7-8-16-24-15(11-28-2)25-26(16)10-14/h3-6,14H,7-11H2,1-2H3,(H,22,27)(H2,20,21,23). The highest BCUT2D eigenvalue weighted by atomic mass is 19.1. The molecule has 0 saturated carbocycles. The molecular formula is C18H24FN7O2. The first kappa shape index (κ1) is 19.7. The van der Waals surface area contributed by atoms with Gasteiger partial charge in [-0.2, -0.15) is 5.10 Å². The SMILES string of the molecule is CN=C(NCC(=O)Nc1ccc(F)cc1)NC1CCc2nc(COC)nn2C1. The van der Waals surface area contributed by atoms with Crippen LogP contribution in [0.1, 0.15) is 18.1 Å². The fourth-order valence-corrected chi connectivity index (χ4v) is 2.96. The van der Waals surface area contributed by atoms with Crippen molar-refractivity contribution in [2.75, 3.05) is 26.0 Å². The van der Waals surface area contributed by atoms with Gasteiger partial charge in [-0.1, -0.05) is 0 Å². The van der Waals surface area contributed by atoms with Crippen molar-refractivity contribution in [1.82, 2.24) is 25.4 Å². The minimum atomic E-state index is -0.349. The number of carbonyl (C=O) groups is 1. The lowest BCUT2D eigenvalue weighted by molar-refractivity contribution is -0.115. The molecule has 1 aromatic carbocycles. The fourth-order valence-electron chi connectivity index (χ4n) is 2.96. The molecular weight excluding hydrogens is 365 g/mol. The molecule has 28 heavy (non-hydrogen) atoms. The molecule has 10 heteroatoms. The molecule has 0 saturated heterocycles. The number of aryl methyl sites for hydroxylation is 1. The molecule has 0 radical (unpaired) electrons. The zero-order chi connectivity index (χ0) is 19.9. The van der Waals surface area contributed by atoms with Gasteiger partial charge in [-0.25, -0.2) is 14.1 Å². The van der Waals surface area contributed by atoms with Crippen LogP contribution >= 0.6 is 0 Å². The lowest BCUT2D eigenvalue weighted by Crippen LogP contribution is -2.48. The number of methoxy groups -OCH3 is 1. The van der Waals surface area contributed by atoms with E-state index in [1.165, 1.54) is 24.3 Å². The Balaban J connectivity index is 1.47. The highest BCUT2D eigenvalue weighted by Crippen LogP contribution is 2.13. The molecule has 0 bridgehead atoms. The lowest BCUT2D eigenvalue weighted by atomic mass is 10.1. The summed E-state index contributed by atoms with van der Waals surface area (Å²) in [5.74, 6) is 1.56. The number of benzene rings is 1. The van der Waals surface area contributed by atoms with E-state index in [1.807, 2.05) is 4.68 Å². The third kappa shape index (κ3) is 5.26. The third-order valence-electron chi connectivity index (χ3n) is 4.28. The Morgan fingerprint density at radius 2 is 2.18 bits per heavy atom. The minimum absolute atomic E-state index is 0.0380. The highest BCUT2D eigenvalue weighted by Gasteiger charge is 2.22. The molecule has 9 nitrogen and oxygen atoms in total. The van der Waals surface area contributed by atoms with Crippen molar-refractivity contribution in [3.8, 4) is 0 Å². The summed E-state index contributed by atoms with van der Waals surface area (Å²) in [5, 5.41) is 13.4. The van der Waals surface area contributed by atoms with E-state index in [9.17, 15) is 9.18 Å². The summed E-state index contributed by atoms with van der Waals surface area (Å²) in [6.07, 6.45) is 1.68. The number of halogens is 1. The first-order valence-electron chi connectivity index (χ1n) is 9.01. The number of rotatable bonds is 6. The predicted octanol–water partition coefficient (Wildman–Crippen LogP) is 0.682. The molecule has 1 aliphatic heterocycles. The van der Waals surface area contributed by atoms with Crippen molar-refractivity contribution in [3.63, 3.8) is 0 Å². The van der Waals surface area contributed by atoms with Crippen LogP contribution < -0.4 is 16.0 Å². The van der Waals surface area contributed by atoms with Gasteiger partial charge in [-0.3, -0.25) is 9.79 Å². The number of ether oxygens (including phenoxy) is 1. The molecule has 2 heterocycles. The van der Waals surface area contributed by atoms with E-state index in [1.54, 1.807) is 14.2 Å². The van der Waals surface area contributed by atoms with E-state index in [0.29, 0.717) is 30.6 Å². The maximum Gasteiger partial charge on any atom is 0.243 e. The van der Waals surface area contributed by atoms with Crippen molar-refractivity contribution in [1.29, 1.82) is 0 Å². The number of nitrogens with zero attached hydrogens (tertiary/aromatic N) is 4. The van der Waals surface area contributed by atoms with E-state index in [0.717, 1.165) is 18.7 Å². The average Bonchev–Trinajstić information content (AvgIpc) is 3.09. The molecule has 1 aromatic heterocycles. The zero-order valence-corrected chi connectivity index (χ0v) is 15.9. The summed E-state index contributed by atoms with van der Waals surface area (Å²) in [5.41, 5.74) is 0.536. The minimum Gasteiger partial charge on any atom is -0.377 e. The predicted molar refractivity (Wildman–Crippen MR) is 102 cm³/mol. The summed E-state index contributed by atoms with van der Waals surface area (Å²) >= 11 is 0. The normalized spacial score (nSPS) is 16.4. The average molecular weight is 389 g/mol. The number of hydrogen-bond acceptors (Lipinski definition) is 5. The van der Waals surface area contributed by atoms with E-state index < -0.39 is 0 Å². The van der Waals surface area contributed by atoms with Crippen LogP contribution in [0.2, 0.25) is 0 Å². The lowest BCUT2D eigenvalue weighted by Gasteiger charge is -2.25. The maximum atomic E-state index is 12.9. The van der Waals surface area contributed by atoms with Crippen LogP contribution in [0.3, 0.4) is 0 Å². The van der Waals surface area contributed by atoms with Crippen molar-refractivity contribution in [3.05, 3.63) is 41.7 Å². The molecule has 0 aliphatic carbocycles. The Labute approximate surface area is 162 Å². The van der Waals surface area contributed by atoms with Crippen molar-refractivity contribution < 1.29 is 13.9 Å². The molecule has 1 amide bonds. The van der Waals surface area contributed by atoms with Crippen molar-refractivity contribution in [2.45, 2.75) is 32.0 Å². The summed E-state index contributed by atoms with van der Waals surface area (Å²) in [6, 6.07) is 5.73. The number of nitrogens with one attached hydrogen (secondary N) is 3. The van der Waals surface area contributed by atoms with E-state index >= 15 is 0 Å². The number of guanidine groups is 1. The number of carbonyl (C=O) groups excluding carboxylic acids is 1. The monoisotopic (exact) mass is 389 g/mol. The molecule has 3 rings (SSSR count). The fraction of sp³-hybridized carbons (Fsp3) is 0.444. The van der Waals surface area contributed by atoms with Crippen molar-refractivity contribution in [2.24, 2.45) is 4.99 Å². The molecule has 1 atom stereocenters. The molecule has 2 aromatic rings. The number of aliphatic imine (C=N–C) groups is 1. The Hall–Kier alpha value is -3.01. The summed E-state index contributed by atoms with van der Waals surface area (Å²) in [7, 11) is 3.26. The van der Waals surface area contributed by atoms with Gasteiger partial charge in [0.1, 0.15) is 18.2 Å². The number of fused-ring (bicyclic) bond motifs is 1. The van der Waals surface area contributed by atoms with Crippen LogP contribution in [0.25, 0.3) is 0 Å². The van der Waals surface area contributed by atoms with Gasteiger partial charge < -0.3 is 20.7 Å². The van der Waals surface area contributed by atoms with Crippen LogP contribution in [-0.2, 0) is 29.1 Å². The Morgan fingerprint density at radius 1 is 1.39 bits per heavy atom. The molecule has 3 N–H and O–H groups in total.